The number of ether oxygens (including phenoxy) is 1. The highest BCUT2D eigenvalue weighted by Gasteiger charge is 2.30. The van der Waals surface area contributed by atoms with Gasteiger partial charge in [0.25, 0.3) is 5.56 Å². The Bertz CT molecular complexity index is 1350. The number of nitrogens with one attached hydrogen (secondary N) is 1. The van der Waals surface area contributed by atoms with Gasteiger partial charge in [-0.1, -0.05) is 24.3 Å². The lowest BCUT2D eigenvalue weighted by molar-refractivity contribution is 0.0925. The van der Waals surface area contributed by atoms with Crippen LogP contribution < -0.4 is 5.56 Å². The van der Waals surface area contributed by atoms with Gasteiger partial charge >= 0.3 is 0 Å². The molecule has 0 radical (unpaired) electrons. The van der Waals surface area contributed by atoms with Gasteiger partial charge < -0.3 is 9.72 Å². The highest BCUT2D eigenvalue weighted by molar-refractivity contribution is 7.89. The van der Waals surface area contributed by atoms with E-state index in [1.165, 1.54) is 35.5 Å². The molecule has 0 aliphatic carbocycles. The molecule has 7 nitrogen and oxygen atoms in total. The van der Waals surface area contributed by atoms with Gasteiger partial charge in [-0.15, -0.1) is 0 Å². The molecule has 1 atom stereocenters. The second kappa shape index (κ2) is 9.21. The van der Waals surface area contributed by atoms with Gasteiger partial charge in [0, 0.05) is 36.2 Å². The second-order valence-corrected chi connectivity index (χ2v) is 10.6. The van der Waals surface area contributed by atoms with Gasteiger partial charge in [0.05, 0.1) is 16.5 Å². The maximum Gasteiger partial charge on any atom is 0.252 e. The summed E-state index contributed by atoms with van der Waals surface area (Å²) in [5.41, 5.74) is 3.22. The molecule has 2 heterocycles. The Hall–Kier alpha value is -2.81. The lowest BCUT2D eigenvalue weighted by Gasteiger charge is -2.25. The number of sulfonamides is 1. The summed E-state index contributed by atoms with van der Waals surface area (Å²) in [4.78, 5) is 27.5. The minimum Gasteiger partial charge on any atom is -0.377 e. The lowest BCUT2D eigenvalue weighted by atomic mass is 10.0. The summed E-state index contributed by atoms with van der Waals surface area (Å²) >= 11 is 0. The minimum absolute atomic E-state index is 0.0741. The van der Waals surface area contributed by atoms with Gasteiger partial charge in [-0.2, -0.15) is 4.31 Å². The van der Waals surface area contributed by atoms with Crippen molar-refractivity contribution in [2.45, 2.75) is 51.2 Å². The number of hydrogen-bond donors (Lipinski definition) is 1. The average molecular weight is 469 g/mol. The van der Waals surface area contributed by atoms with Crippen LogP contribution in [0.4, 0.5) is 0 Å². The first-order chi connectivity index (χ1) is 15.7. The molecule has 4 rings (SSSR count). The molecule has 1 unspecified atom stereocenters. The topological polar surface area (TPSA) is 96.5 Å². The number of rotatable bonds is 7. The fraction of sp³-hybridized carbons (Fsp3) is 0.360. The van der Waals surface area contributed by atoms with E-state index in [0.29, 0.717) is 17.7 Å². The number of hydrogen-bond acceptors (Lipinski definition) is 5. The Morgan fingerprint density at radius 2 is 1.82 bits per heavy atom. The lowest BCUT2D eigenvalue weighted by Crippen LogP contribution is -2.38. The van der Waals surface area contributed by atoms with Gasteiger partial charge in [-0.25, -0.2) is 8.42 Å². The van der Waals surface area contributed by atoms with Crippen LogP contribution in [0.1, 0.15) is 46.8 Å². The summed E-state index contributed by atoms with van der Waals surface area (Å²) in [6, 6.07) is 11.6. The van der Waals surface area contributed by atoms with Crippen molar-refractivity contribution in [1.29, 1.82) is 0 Å². The van der Waals surface area contributed by atoms with E-state index in [-0.39, 0.29) is 35.4 Å². The number of aromatic nitrogens is 1. The van der Waals surface area contributed by atoms with Crippen LogP contribution in [0, 0.1) is 13.8 Å². The number of fused-ring (bicyclic) bond motifs is 1. The van der Waals surface area contributed by atoms with E-state index in [4.69, 9.17) is 4.74 Å². The number of carbonyl (C=O) groups is 1. The first-order valence-electron chi connectivity index (χ1n) is 11.0. The second-order valence-electron chi connectivity index (χ2n) is 8.62. The predicted molar refractivity (Wildman–Crippen MR) is 127 cm³/mol. The number of aromatic amines is 1. The van der Waals surface area contributed by atoms with Gasteiger partial charge in [0.15, 0.2) is 5.78 Å². The number of H-pyrrole nitrogens is 1. The van der Waals surface area contributed by atoms with Crippen molar-refractivity contribution in [3.63, 3.8) is 0 Å². The van der Waals surface area contributed by atoms with E-state index in [1.807, 2.05) is 26.0 Å². The quantitative estimate of drug-likeness (QED) is 0.533. The van der Waals surface area contributed by atoms with E-state index >= 15 is 0 Å². The smallest absolute Gasteiger partial charge is 0.252 e. The van der Waals surface area contributed by atoms with Crippen molar-refractivity contribution in [2.24, 2.45) is 0 Å². The Labute approximate surface area is 193 Å². The van der Waals surface area contributed by atoms with Crippen LogP contribution in [0.25, 0.3) is 10.9 Å². The van der Waals surface area contributed by atoms with E-state index in [9.17, 15) is 18.0 Å². The predicted octanol–water partition coefficient (Wildman–Crippen LogP) is 3.72. The SMILES string of the molecule is CC(=O)c1ccc(S(=O)(=O)N(Cc2cc3c(C)ccc(C)c3[nH]c2=O)CC2CCCO2)cc1. The number of ketones is 1. The Kier molecular flexibility index (Phi) is 6.52. The molecule has 2 aromatic carbocycles. The van der Waals surface area contributed by atoms with Crippen molar-refractivity contribution in [2.75, 3.05) is 13.2 Å². The van der Waals surface area contributed by atoms with Crippen LogP contribution in [-0.4, -0.2) is 42.7 Å². The van der Waals surface area contributed by atoms with Crippen LogP contribution in [0.15, 0.2) is 52.2 Å². The molecule has 33 heavy (non-hydrogen) atoms. The summed E-state index contributed by atoms with van der Waals surface area (Å²) in [6.07, 6.45) is 1.42. The zero-order valence-electron chi connectivity index (χ0n) is 19.1. The third-order valence-electron chi connectivity index (χ3n) is 6.20. The van der Waals surface area contributed by atoms with E-state index < -0.39 is 10.0 Å². The number of nitrogens with zero attached hydrogens (tertiary/aromatic N) is 1. The van der Waals surface area contributed by atoms with E-state index in [1.54, 1.807) is 6.07 Å². The number of carbonyl (C=O) groups excluding carboxylic acids is 1. The van der Waals surface area contributed by atoms with E-state index in [2.05, 4.69) is 4.98 Å². The molecule has 3 aromatic rings. The third-order valence-corrected chi connectivity index (χ3v) is 8.02. The molecule has 1 saturated heterocycles. The summed E-state index contributed by atoms with van der Waals surface area (Å²) in [5, 5.41) is 0.893. The first-order valence-corrected chi connectivity index (χ1v) is 12.5. The summed E-state index contributed by atoms with van der Waals surface area (Å²) in [6.45, 7) is 6.00. The Morgan fingerprint density at radius 3 is 2.45 bits per heavy atom. The Morgan fingerprint density at radius 1 is 1.12 bits per heavy atom. The molecule has 1 N–H and O–H groups in total. The summed E-state index contributed by atoms with van der Waals surface area (Å²) < 4.78 is 34.2. The van der Waals surface area contributed by atoms with Crippen molar-refractivity contribution < 1.29 is 17.9 Å². The molecule has 1 aliphatic rings. The molecule has 1 fully saturated rings. The highest BCUT2D eigenvalue weighted by Crippen LogP contribution is 2.24. The average Bonchev–Trinajstić information content (AvgIpc) is 3.30. The van der Waals surface area contributed by atoms with Gasteiger partial charge in [0.2, 0.25) is 10.0 Å². The highest BCUT2D eigenvalue weighted by atomic mass is 32.2. The minimum atomic E-state index is -3.93. The standard InChI is InChI=1S/C25H28N2O5S/c1-16-6-7-17(2)24-23(16)13-20(25(29)26-24)14-27(15-21-5-4-12-32-21)33(30,31)22-10-8-19(9-11-22)18(3)28/h6-11,13,21H,4-5,12,14-15H2,1-3H3,(H,26,29). The summed E-state index contributed by atoms with van der Waals surface area (Å²) in [5.74, 6) is -0.136. The number of aryl methyl sites for hydroxylation is 2. The normalized spacial score (nSPS) is 16.5. The summed E-state index contributed by atoms with van der Waals surface area (Å²) in [7, 11) is -3.93. The molecular weight excluding hydrogens is 440 g/mol. The van der Waals surface area contributed by atoms with Crippen LogP contribution in [0.5, 0.6) is 0 Å². The molecule has 0 bridgehead atoms. The fourth-order valence-corrected chi connectivity index (χ4v) is 5.65. The van der Waals surface area contributed by atoms with Crippen LogP contribution in [-0.2, 0) is 21.3 Å². The fourth-order valence-electron chi connectivity index (χ4n) is 4.20. The maximum atomic E-state index is 13.6. The largest absolute Gasteiger partial charge is 0.377 e. The number of pyridine rings is 1. The number of Topliss-reactive ketones (excluding diaryl/α,β-unsaturated/α-hetero) is 1. The van der Waals surface area contributed by atoms with Crippen molar-refractivity contribution in [3.8, 4) is 0 Å². The van der Waals surface area contributed by atoms with Crippen molar-refractivity contribution in [1.82, 2.24) is 9.29 Å². The molecular formula is C25H28N2O5S. The molecule has 0 spiro atoms. The van der Waals surface area contributed by atoms with Crippen LogP contribution in [0.2, 0.25) is 0 Å². The molecule has 0 saturated carbocycles. The molecule has 1 aliphatic heterocycles. The van der Waals surface area contributed by atoms with E-state index in [0.717, 1.165) is 34.9 Å². The van der Waals surface area contributed by atoms with Gasteiger partial charge in [0.1, 0.15) is 0 Å². The zero-order valence-corrected chi connectivity index (χ0v) is 19.9. The van der Waals surface area contributed by atoms with Gasteiger partial charge in [-0.05, 0) is 62.9 Å². The van der Waals surface area contributed by atoms with Gasteiger partial charge in [-0.3, -0.25) is 9.59 Å². The molecule has 8 heteroatoms. The zero-order chi connectivity index (χ0) is 23.8. The molecule has 0 amide bonds. The van der Waals surface area contributed by atoms with Crippen LogP contribution in [0.3, 0.4) is 0 Å². The van der Waals surface area contributed by atoms with Crippen LogP contribution >= 0.6 is 0 Å². The first kappa shape index (κ1) is 23.4. The molecule has 174 valence electrons. The molecule has 1 aromatic heterocycles. The maximum absolute atomic E-state index is 13.6. The monoisotopic (exact) mass is 468 g/mol. The van der Waals surface area contributed by atoms with Crippen molar-refractivity contribution in [3.05, 3.63) is 75.1 Å². The number of benzene rings is 2. The Balaban J connectivity index is 1.74. The third kappa shape index (κ3) is 4.78. The van der Waals surface area contributed by atoms with Crippen molar-refractivity contribution >= 4 is 26.7 Å².